The van der Waals surface area contributed by atoms with Gasteiger partial charge in [-0.05, 0) is 43.2 Å². The normalized spacial score (nSPS) is 12.9. The minimum atomic E-state index is -0.602. The van der Waals surface area contributed by atoms with Crippen LogP contribution in [0.5, 0.6) is 0 Å². The highest BCUT2D eigenvalue weighted by Gasteiger charge is 2.31. The fourth-order valence-corrected chi connectivity index (χ4v) is 3.83. The number of carbonyl (C=O) groups is 3. The maximum atomic E-state index is 12.2. The zero-order chi connectivity index (χ0) is 22.5. The van der Waals surface area contributed by atoms with Crippen molar-refractivity contribution >= 4 is 35.3 Å². The van der Waals surface area contributed by atoms with E-state index < -0.39 is 11.9 Å². The predicted molar refractivity (Wildman–Crippen MR) is 117 cm³/mol. The molecule has 0 unspecified atom stereocenters. The van der Waals surface area contributed by atoms with Gasteiger partial charge in [-0.25, -0.2) is 4.79 Å². The van der Waals surface area contributed by atoms with E-state index in [9.17, 15) is 14.4 Å². The number of imide groups is 1. The van der Waals surface area contributed by atoms with Gasteiger partial charge in [0.2, 0.25) is 11.8 Å². The smallest absolute Gasteiger partial charge is 0.321 e. The molecule has 4 rings (SSSR count). The lowest BCUT2D eigenvalue weighted by atomic mass is 10.2. The van der Waals surface area contributed by atoms with Crippen LogP contribution in [0.4, 0.5) is 10.5 Å². The van der Waals surface area contributed by atoms with Crippen LogP contribution >= 0.6 is 11.8 Å². The number of benzene rings is 1. The second kappa shape index (κ2) is 9.69. The number of nitrogens with zero attached hydrogens (tertiary/aromatic N) is 3. The van der Waals surface area contributed by atoms with Gasteiger partial charge in [-0.2, -0.15) is 0 Å². The van der Waals surface area contributed by atoms with Crippen LogP contribution in [-0.2, 0) is 16.1 Å². The van der Waals surface area contributed by atoms with E-state index >= 15 is 0 Å². The van der Waals surface area contributed by atoms with Crippen LogP contribution < -0.4 is 16.0 Å². The molecule has 0 radical (unpaired) electrons. The largest absolute Gasteiger partial charge is 0.467 e. The van der Waals surface area contributed by atoms with Crippen molar-refractivity contribution in [3.8, 4) is 5.69 Å². The van der Waals surface area contributed by atoms with Crippen molar-refractivity contribution in [1.82, 2.24) is 25.4 Å². The number of furan rings is 1. The monoisotopic (exact) mass is 454 g/mol. The number of carbonyl (C=O) groups excluding carboxylic acids is 3. The maximum absolute atomic E-state index is 12.2. The third kappa shape index (κ3) is 5.55. The molecule has 3 aromatic rings. The van der Waals surface area contributed by atoms with Crippen molar-refractivity contribution in [3.05, 3.63) is 54.2 Å². The third-order valence-corrected chi connectivity index (χ3v) is 5.54. The number of amides is 4. The summed E-state index contributed by atoms with van der Waals surface area (Å²) >= 11 is 1.19. The van der Waals surface area contributed by atoms with Gasteiger partial charge >= 0.3 is 6.03 Å². The lowest BCUT2D eigenvalue weighted by Crippen LogP contribution is -2.39. The minimum Gasteiger partial charge on any atom is -0.467 e. The summed E-state index contributed by atoms with van der Waals surface area (Å²) in [4.78, 5) is 35.6. The molecular formula is C21H22N6O4S. The van der Waals surface area contributed by atoms with E-state index in [0.717, 1.165) is 24.4 Å². The Hall–Kier alpha value is -3.60. The molecule has 11 heteroatoms. The van der Waals surface area contributed by atoms with Crippen molar-refractivity contribution in [3.63, 3.8) is 0 Å². The molecule has 32 heavy (non-hydrogen) atoms. The molecule has 3 N–H and O–H groups in total. The van der Waals surface area contributed by atoms with Gasteiger partial charge in [0.05, 0.1) is 24.2 Å². The Morgan fingerprint density at radius 1 is 1.19 bits per heavy atom. The molecule has 1 fully saturated rings. The SMILES string of the molecule is CC(=O)Nc1cccc(-n2c(SCC(=O)NC(=O)NCc3ccco3)nnc2C2CC2)c1. The number of hydrogen-bond acceptors (Lipinski definition) is 7. The van der Waals surface area contributed by atoms with Crippen molar-refractivity contribution in [2.45, 2.75) is 37.4 Å². The van der Waals surface area contributed by atoms with Gasteiger partial charge in [0, 0.05) is 18.5 Å². The molecule has 1 aliphatic carbocycles. The summed E-state index contributed by atoms with van der Waals surface area (Å²) < 4.78 is 7.03. The number of thioether (sulfide) groups is 1. The Bertz CT molecular complexity index is 1120. The summed E-state index contributed by atoms with van der Waals surface area (Å²) in [5, 5.41) is 16.7. The highest BCUT2D eigenvalue weighted by atomic mass is 32.2. The minimum absolute atomic E-state index is 0.0115. The molecule has 1 aromatic carbocycles. The van der Waals surface area contributed by atoms with Gasteiger partial charge in [0.15, 0.2) is 5.16 Å². The van der Waals surface area contributed by atoms with E-state index in [2.05, 4.69) is 26.1 Å². The van der Waals surface area contributed by atoms with E-state index in [4.69, 9.17) is 4.42 Å². The Kier molecular flexibility index (Phi) is 6.55. The second-order valence-electron chi connectivity index (χ2n) is 7.28. The van der Waals surface area contributed by atoms with Crippen LogP contribution in [-0.4, -0.2) is 38.4 Å². The summed E-state index contributed by atoms with van der Waals surface area (Å²) in [5.41, 5.74) is 1.45. The van der Waals surface area contributed by atoms with E-state index in [1.807, 2.05) is 22.8 Å². The fourth-order valence-electron chi connectivity index (χ4n) is 3.07. The van der Waals surface area contributed by atoms with Crippen LogP contribution in [0.15, 0.2) is 52.2 Å². The predicted octanol–water partition coefficient (Wildman–Crippen LogP) is 2.81. The van der Waals surface area contributed by atoms with Gasteiger partial charge in [-0.15, -0.1) is 10.2 Å². The van der Waals surface area contributed by atoms with Gasteiger partial charge in [-0.3, -0.25) is 19.5 Å². The summed E-state index contributed by atoms with van der Waals surface area (Å²) in [6, 6.07) is 10.2. The van der Waals surface area contributed by atoms with Crippen molar-refractivity contribution < 1.29 is 18.8 Å². The lowest BCUT2D eigenvalue weighted by molar-refractivity contribution is -0.117. The molecule has 2 aromatic heterocycles. The van der Waals surface area contributed by atoms with Gasteiger partial charge in [0.25, 0.3) is 0 Å². The summed E-state index contributed by atoms with van der Waals surface area (Å²) in [6.45, 7) is 1.63. The van der Waals surface area contributed by atoms with Crippen LogP contribution in [0.25, 0.3) is 5.69 Å². The Morgan fingerprint density at radius 3 is 2.75 bits per heavy atom. The average Bonchev–Trinajstić information content (AvgIpc) is 3.30. The molecule has 166 valence electrons. The number of anilines is 1. The molecule has 10 nitrogen and oxygen atoms in total. The quantitative estimate of drug-likeness (QED) is 0.446. The van der Waals surface area contributed by atoms with Crippen molar-refractivity contribution in [2.75, 3.05) is 11.1 Å². The molecule has 0 aliphatic heterocycles. The molecule has 0 bridgehead atoms. The highest BCUT2D eigenvalue weighted by molar-refractivity contribution is 7.99. The second-order valence-corrected chi connectivity index (χ2v) is 8.22. The topological polar surface area (TPSA) is 131 Å². The molecule has 1 aliphatic rings. The first-order valence-electron chi connectivity index (χ1n) is 10.1. The summed E-state index contributed by atoms with van der Waals surface area (Å²) in [7, 11) is 0. The van der Waals surface area contributed by atoms with E-state index in [-0.39, 0.29) is 18.2 Å². The first-order valence-corrected chi connectivity index (χ1v) is 11.0. The van der Waals surface area contributed by atoms with E-state index in [1.165, 1.54) is 24.9 Å². The highest BCUT2D eigenvalue weighted by Crippen LogP contribution is 2.41. The van der Waals surface area contributed by atoms with Crippen molar-refractivity contribution in [1.29, 1.82) is 0 Å². The molecule has 4 amide bonds. The molecule has 1 saturated carbocycles. The van der Waals surface area contributed by atoms with E-state index in [0.29, 0.717) is 22.5 Å². The first-order chi connectivity index (χ1) is 15.5. The Labute approximate surface area is 188 Å². The van der Waals surface area contributed by atoms with Gasteiger partial charge < -0.3 is 15.1 Å². The van der Waals surface area contributed by atoms with Gasteiger partial charge in [-0.1, -0.05) is 17.8 Å². The standard InChI is InChI=1S/C21H22N6O4S/c1-13(28)23-15-4-2-5-16(10-15)27-19(14-7-8-14)25-26-21(27)32-12-18(29)24-20(30)22-11-17-6-3-9-31-17/h2-6,9-10,14H,7-8,11-12H2,1H3,(H,23,28)(H2,22,24,29,30). The molecule has 0 saturated heterocycles. The van der Waals surface area contributed by atoms with Crippen molar-refractivity contribution in [2.24, 2.45) is 0 Å². The van der Waals surface area contributed by atoms with Gasteiger partial charge in [0.1, 0.15) is 11.6 Å². The van der Waals surface area contributed by atoms with Crippen LogP contribution in [0.2, 0.25) is 0 Å². The summed E-state index contributed by atoms with van der Waals surface area (Å²) in [5.74, 6) is 1.10. The Balaban J connectivity index is 1.41. The molecule has 2 heterocycles. The zero-order valence-corrected chi connectivity index (χ0v) is 18.1. The fraction of sp³-hybridized carbons (Fsp3) is 0.286. The van der Waals surface area contributed by atoms with Crippen LogP contribution in [0.3, 0.4) is 0 Å². The number of rotatable bonds is 8. The van der Waals surface area contributed by atoms with Crippen LogP contribution in [0, 0.1) is 0 Å². The number of hydrogen-bond donors (Lipinski definition) is 3. The average molecular weight is 455 g/mol. The number of urea groups is 1. The van der Waals surface area contributed by atoms with Crippen LogP contribution in [0.1, 0.15) is 37.3 Å². The summed E-state index contributed by atoms with van der Waals surface area (Å²) in [6.07, 6.45) is 3.57. The zero-order valence-electron chi connectivity index (χ0n) is 17.3. The number of aromatic nitrogens is 3. The molecule has 0 atom stereocenters. The molecular weight excluding hydrogens is 432 g/mol. The molecule has 0 spiro atoms. The maximum Gasteiger partial charge on any atom is 0.321 e. The first kappa shape index (κ1) is 21.6. The Morgan fingerprint density at radius 2 is 2.03 bits per heavy atom. The van der Waals surface area contributed by atoms with E-state index in [1.54, 1.807) is 18.2 Å². The number of nitrogens with one attached hydrogen (secondary N) is 3. The lowest BCUT2D eigenvalue weighted by Gasteiger charge is -2.12. The third-order valence-electron chi connectivity index (χ3n) is 4.61.